The Bertz CT molecular complexity index is 411. The first kappa shape index (κ1) is 13.0. The Kier molecular flexibility index (Phi) is 4.53. The molecular formula is C13H16N2O2. The van der Waals surface area contributed by atoms with Crippen molar-refractivity contribution in [3.63, 3.8) is 0 Å². The number of aryl methyl sites for hydroxylation is 1. The topological polar surface area (TPSA) is 76.1 Å². The molecule has 0 aliphatic heterocycles. The van der Waals surface area contributed by atoms with Crippen molar-refractivity contribution >= 4 is 6.09 Å². The first-order valence-electron chi connectivity index (χ1n) is 5.49. The van der Waals surface area contributed by atoms with Crippen LogP contribution in [-0.4, -0.2) is 11.7 Å². The van der Waals surface area contributed by atoms with Gasteiger partial charge in [-0.2, -0.15) is 5.26 Å². The second kappa shape index (κ2) is 5.90. The lowest BCUT2D eigenvalue weighted by Crippen LogP contribution is -2.32. The van der Waals surface area contributed by atoms with Crippen LogP contribution in [0.5, 0.6) is 0 Å². The summed E-state index contributed by atoms with van der Waals surface area (Å²) in [6.07, 6.45) is 1.18. The lowest BCUT2D eigenvalue weighted by Gasteiger charge is -2.20. The molecular weight excluding hydrogens is 216 g/mol. The number of amides is 1. The van der Waals surface area contributed by atoms with E-state index in [-0.39, 0.29) is 0 Å². The van der Waals surface area contributed by atoms with Gasteiger partial charge in [0.15, 0.2) is 5.60 Å². The third kappa shape index (κ3) is 4.56. The van der Waals surface area contributed by atoms with Gasteiger partial charge in [-0.05, 0) is 25.3 Å². The molecule has 2 N–H and O–H groups in total. The van der Waals surface area contributed by atoms with Crippen molar-refractivity contribution in [2.75, 3.05) is 0 Å². The van der Waals surface area contributed by atoms with Crippen LogP contribution >= 0.6 is 0 Å². The van der Waals surface area contributed by atoms with Crippen LogP contribution in [0.2, 0.25) is 0 Å². The first-order valence-corrected chi connectivity index (χ1v) is 5.49. The second-order valence-corrected chi connectivity index (χ2v) is 4.10. The van der Waals surface area contributed by atoms with Crippen LogP contribution in [0.4, 0.5) is 4.79 Å². The summed E-state index contributed by atoms with van der Waals surface area (Å²) < 4.78 is 4.80. The number of carbonyl (C=O) groups excluding carboxylic acids is 1. The number of nitrogens with zero attached hydrogens (tertiary/aromatic N) is 1. The van der Waals surface area contributed by atoms with E-state index < -0.39 is 11.7 Å². The first-order chi connectivity index (χ1) is 8.06. The predicted molar refractivity (Wildman–Crippen MR) is 64.1 cm³/mol. The molecule has 90 valence electrons. The summed E-state index contributed by atoms with van der Waals surface area (Å²) in [4.78, 5) is 10.7. The quantitative estimate of drug-likeness (QED) is 0.846. The normalized spacial score (nSPS) is 13.4. The van der Waals surface area contributed by atoms with E-state index in [1.807, 2.05) is 36.4 Å². The zero-order valence-corrected chi connectivity index (χ0v) is 9.85. The van der Waals surface area contributed by atoms with Gasteiger partial charge in [0.25, 0.3) is 0 Å². The predicted octanol–water partition coefficient (Wildman–Crippen LogP) is 2.39. The number of ether oxygens (including phenoxy) is 1. The highest BCUT2D eigenvalue weighted by molar-refractivity contribution is 5.65. The molecule has 1 amide bonds. The number of rotatable bonds is 5. The number of hydrogen-bond donors (Lipinski definition) is 1. The number of nitrogens with two attached hydrogens (primary N) is 1. The summed E-state index contributed by atoms with van der Waals surface area (Å²) in [5.74, 6) is 0. The van der Waals surface area contributed by atoms with Crippen LogP contribution in [0.3, 0.4) is 0 Å². The minimum Gasteiger partial charge on any atom is -0.428 e. The van der Waals surface area contributed by atoms with E-state index in [2.05, 4.69) is 0 Å². The molecule has 4 nitrogen and oxygen atoms in total. The fraction of sp³-hybridized carbons (Fsp3) is 0.385. The number of benzene rings is 1. The molecule has 0 fully saturated rings. The average molecular weight is 232 g/mol. The van der Waals surface area contributed by atoms with Crippen LogP contribution in [-0.2, 0) is 11.2 Å². The van der Waals surface area contributed by atoms with E-state index in [1.165, 1.54) is 5.56 Å². The molecule has 17 heavy (non-hydrogen) atoms. The summed E-state index contributed by atoms with van der Waals surface area (Å²) >= 11 is 0. The van der Waals surface area contributed by atoms with Crippen molar-refractivity contribution in [1.82, 2.24) is 0 Å². The molecule has 0 heterocycles. The summed E-state index contributed by atoms with van der Waals surface area (Å²) in [7, 11) is 0. The van der Waals surface area contributed by atoms with Crippen LogP contribution in [0, 0.1) is 11.3 Å². The fourth-order valence-electron chi connectivity index (χ4n) is 1.63. The second-order valence-electron chi connectivity index (χ2n) is 4.10. The number of carbonyl (C=O) groups is 1. The third-order valence-corrected chi connectivity index (χ3v) is 2.52. The Morgan fingerprint density at radius 2 is 2.12 bits per heavy atom. The van der Waals surface area contributed by atoms with Crippen molar-refractivity contribution in [2.45, 2.75) is 31.8 Å². The van der Waals surface area contributed by atoms with Crippen molar-refractivity contribution in [1.29, 1.82) is 5.26 Å². The Hall–Kier alpha value is -2.02. The van der Waals surface area contributed by atoms with Crippen molar-refractivity contribution in [2.24, 2.45) is 5.73 Å². The van der Waals surface area contributed by atoms with E-state index in [0.717, 1.165) is 12.8 Å². The maximum Gasteiger partial charge on any atom is 0.406 e. The van der Waals surface area contributed by atoms with E-state index in [4.69, 9.17) is 15.7 Å². The Labute approximate surface area is 101 Å². The Balaban J connectivity index is 2.44. The molecule has 1 aromatic carbocycles. The summed E-state index contributed by atoms with van der Waals surface area (Å²) in [5.41, 5.74) is 5.00. The molecule has 0 aliphatic rings. The molecule has 1 atom stereocenters. The number of primary amides is 1. The highest BCUT2D eigenvalue weighted by Gasteiger charge is 2.26. The van der Waals surface area contributed by atoms with Gasteiger partial charge in [0.2, 0.25) is 0 Å². The molecule has 1 aromatic rings. The molecule has 0 radical (unpaired) electrons. The molecule has 0 spiro atoms. The minimum atomic E-state index is -1.12. The van der Waals surface area contributed by atoms with E-state index >= 15 is 0 Å². The molecule has 0 saturated heterocycles. The molecule has 1 unspecified atom stereocenters. The Morgan fingerprint density at radius 1 is 1.47 bits per heavy atom. The monoisotopic (exact) mass is 232 g/mol. The van der Waals surface area contributed by atoms with Gasteiger partial charge in [0.1, 0.15) is 6.07 Å². The SMILES string of the molecule is CC(C#N)(CCCc1ccccc1)OC(N)=O. The summed E-state index contributed by atoms with van der Waals surface area (Å²) in [5, 5.41) is 8.95. The Morgan fingerprint density at radius 3 is 2.65 bits per heavy atom. The van der Waals surface area contributed by atoms with Gasteiger partial charge in [-0.1, -0.05) is 30.3 Å². The zero-order chi connectivity index (χ0) is 12.7. The minimum absolute atomic E-state index is 0.474. The van der Waals surface area contributed by atoms with Gasteiger partial charge in [-0.15, -0.1) is 0 Å². The van der Waals surface area contributed by atoms with Crippen molar-refractivity contribution in [3.8, 4) is 6.07 Å². The highest BCUT2D eigenvalue weighted by atomic mass is 16.6. The number of hydrogen-bond acceptors (Lipinski definition) is 3. The molecule has 0 aromatic heterocycles. The van der Waals surface area contributed by atoms with Crippen LogP contribution < -0.4 is 5.73 Å². The van der Waals surface area contributed by atoms with E-state index in [1.54, 1.807) is 6.92 Å². The van der Waals surface area contributed by atoms with Crippen molar-refractivity contribution < 1.29 is 9.53 Å². The third-order valence-electron chi connectivity index (χ3n) is 2.52. The zero-order valence-electron chi connectivity index (χ0n) is 9.85. The molecule has 4 heteroatoms. The molecule has 0 saturated carbocycles. The lowest BCUT2D eigenvalue weighted by molar-refractivity contribution is 0.0649. The summed E-state index contributed by atoms with van der Waals surface area (Å²) in [6.45, 7) is 1.57. The van der Waals surface area contributed by atoms with Crippen LogP contribution in [0.15, 0.2) is 30.3 Å². The highest BCUT2D eigenvalue weighted by Crippen LogP contribution is 2.18. The van der Waals surface area contributed by atoms with Crippen molar-refractivity contribution in [3.05, 3.63) is 35.9 Å². The van der Waals surface area contributed by atoms with Gasteiger partial charge in [-0.25, -0.2) is 4.79 Å². The van der Waals surface area contributed by atoms with Gasteiger partial charge < -0.3 is 10.5 Å². The van der Waals surface area contributed by atoms with E-state index in [0.29, 0.717) is 6.42 Å². The smallest absolute Gasteiger partial charge is 0.406 e. The summed E-state index contributed by atoms with van der Waals surface area (Å²) in [6, 6.07) is 11.9. The number of nitriles is 1. The lowest BCUT2D eigenvalue weighted by atomic mass is 9.98. The average Bonchev–Trinajstić information content (AvgIpc) is 2.29. The molecule has 0 bridgehead atoms. The van der Waals surface area contributed by atoms with Gasteiger partial charge in [-0.3, -0.25) is 0 Å². The van der Waals surface area contributed by atoms with Gasteiger partial charge in [0, 0.05) is 6.42 Å². The maximum absolute atomic E-state index is 10.7. The molecule has 0 aliphatic carbocycles. The standard InChI is InChI=1S/C13H16N2O2/c1-13(10-14,17-12(15)16)9-5-8-11-6-3-2-4-7-11/h2-4,6-7H,5,8-9H2,1H3,(H2,15,16). The van der Waals surface area contributed by atoms with Gasteiger partial charge in [0.05, 0.1) is 0 Å². The van der Waals surface area contributed by atoms with Gasteiger partial charge >= 0.3 is 6.09 Å². The molecule has 1 rings (SSSR count). The van der Waals surface area contributed by atoms with Crippen LogP contribution in [0.25, 0.3) is 0 Å². The fourth-order valence-corrected chi connectivity index (χ4v) is 1.63. The largest absolute Gasteiger partial charge is 0.428 e. The maximum atomic E-state index is 10.7. The van der Waals surface area contributed by atoms with Crippen LogP contribution in [0.1, 0.15) is 25.3 Å². The van der Waals surface area contributed by atoms with E-state index in [9.17, 15) is 4.79 Å².